The maximum Gasteiger partial charge on any atom is 0.289 e. The van der Waals surface area contributed by atoms with E-state index >= 15 is 0 Å². The predicted octanol–water partition coefficient (Wildman–Crippen LogP) is 1.30. The van der Waals surface area contributed by atoms with E-state index in [1.165, 1.54) is 12.3 Å². The molecule has 0 aliphatic carbocycles. The van der Waals surface area contributed by atoms with E-state index in [0.29, 0.717) is 11.7 Å². The molecular formula is C13H17N5O2. The van der Waals surface area contributed by atoms with Crippen LogP contribution in [-0.2, 0) is 0 Å². The van der Waals surface area contributed by atoms with Gasteiger partial charge in [-0.1, -0.05) is 0 Å². The van der Waals surface area contributed by atoms with Crippen LogP contribution < -0.4 is 10.2 Å². The first kappa shape index (κ1) is 14.2. The molecule has 7 nitrogen and oxygen atoms in total. The third kappa shape index (κ3) is 3.03. The number of nitrogens with zero attached hydrogens (tertiary/aromatic N) is 4. The number of nitro groups is 1. The van der Waals surface area contributed by atoms with Crippen molar-refractivity contribution >= 4 is 11.5 Å². The summed E-state index contributed by atoms with van der Waals surface area (Å²) < 4.78 is 0. The maximum absolute atomic E-state index is 10.7. The summed E-state index contributed by atoms with van der Waals surface area (Å²) in [6, 6.07) is 3.31. The van der Waals surface area contributed by atoms with Crippen molar-refractivity contribution in [1.29, 1.82) is 5.26 Å². The van der Waals surface area contributed by atoms with E-state index < -0.39 is 4.92 Å². The van der Waals surface area contributed by atoms with Crippen molar-refractivity contribution in [3.63, 3.8) is 0 Å². The van der Waals surface area contributed by atoms with Crippen LogP contribution in [0.15, 0.2) is 12.3 Å². The third-order valence-electron chi connectivity index (χ3n) is 3.49. The van der Waals surface area contributed by atoms with Gasteiger partial charge in [-0.25, -0.2) is 4.98 Å². The first-order valence-electron chi connectivity index (χ1n) is 6.59. The standard InChI is InChI=1S/C13H17N5O2/c1-15-7-10-3-2-4-17(9-10)13-11(6-14)5-12(8-16-13)18(19)20/h5,8,10,15H,2-4,7,9H2,1H3. The molecule has 0 amide bonds. The molecule has 0 radical (unpaired) electrons. The fourth-order valence-electron chi connectivity index (χ4n) is 2.59. The van der Waals surface area contributed by atoms with Crippen LogP contribution in [0.4, 0.5) is 11.5 Å². The molecule has 106 valence electrons. The molecular weight excluding hydrogens is 258 g/mol. The van der Waals surface area contributed by atoms with Gasteiger partial charge >= 0.3 is 0 Å². The highest BCUT2D eigenvalue weighted by atomic mass is 16.6. The molecule has 2 rings (SSSR count). The monoisotopic (exact) mass is 275 g/mol. The van der Waals surface area contributed by atoms with E-state index in [1.54, 1.807) is 0 Å². The second-order valence-electron chi connectivity index (χ2n) is 4.95. The number of piperidine rings is 1. The molecule has 0 aromatic carbocycles. The normalized spacial score (nSPS) is 18.6. The van der Waals surface area contributed by atoms with Crippen molar-refractivity contribution in [1.82, 2.24) is 10.3 Å². The summed E-state index contributed by atoms with van der Waals surface area (Å²) in [6.07, 6.45) is 3.40. The first-order chi connectivity index (χ1) is 9.65. The van der Waals surface area contributed by atoms with Crippen molar-refractivity contribution < 1.29 is 4.92 Å². The summed E-state index contributed by atoms with van der Waals surface area (Å²) in [4.78, 5) is 16.4. The molecule has 7 heteroatoms. The number of hydrogen-bond donors (Lipinski definition) is 1. The molecule has 1 aliphatic heterocycles. The molecule has 0 bridgehead atoms. The average Bonchev–Trinajstić information content (AvgIpc) is 2.47. The lowest BCUT2D eigenvalue weighted by molar-refractivity contribution is -0.385. The SMILES string of the molecule is CNCC1CCCN(c2ncc([N+](=O)[O-])cc2C#N)C1. The van der Waals surface area contributed by atoms with Gasteiger partial charge in [-0.05, 0) is 32.4 Å². The van der Waals surface area contributed by atoms with E-state index in [0.717, 1.165) is 32.5 Å². The first-order valence-corrected chi connectivity index (χ1v) is 6.59. The van der Waals surface area contributed by atoms with E-state index in [9.17, 15) is 15.4 Å². The van der Waals surface area contributed by atoms with E-state index in [4.69, 9.17) is 0 Å². The van der Waals surface area contributed by atoms with Gasteiger partial charge < -0.3 is 10.2 Å². The maximum atomic E-state index is 10.7. The highest BCUT2D eigenvalue weighted by Crippen LogP contribution is 2.26. The minimum atomic E-state index is -0.530. The number of pyridine rings is 1. The fourth-order valence-corrected chi connectivity index (χ4v) is 2.59. The second-order valence-corrected chi connectivity index (χ2v) is 4.95. The van der Waals surface area contributed by atoms with Crippen LogP contribution in [0.1, 0.15) is 18.4 Å². The van der Waals surface area contributed by atoms with Crippen LogP contribution in [-0.4, -0.2) is 36.6 Å². The van der Waals surface area contributed by atoms with Crippen LogP contribution >= 0.6 is 0 Å². The third-order valence-corrected chi connectivity index (χ3v) is 3.49. The van der Waals surface area contributed by atoms with Crippen LogP contribution in [0.3, 0.4) is 0 Å². The van der Waals surface area contributed by atoms with E-state index in [-0.39, 0.29) is 11.3 Å². The summed E-state index contributed by atoms with van der Waals surface area (Å²) in [5.74, 6) is 1.07. The Hall–Kier alpha value is -2.20. The summed E-state index contributed by atoms with van der Waals surface area (Å²) in [5, 5.41) is 23.1. The highest BCUT2D eigenvalue weighted by Gasteiger charge is 2.23. The Morgan fingerprint density at radius 1 is 1.70 bits per heavy atom. The molecule has 0 saturated carbocycles. The molecule has 1 atom stereocenters. The molecule has 1 unspecified atom stereocenters. The number of rotatable bonds is 4. The van der Waals surface area contributed by atoms with Gasteiger partial charge in [-0.3, -0.25) is 10.1 Å². The zero-order chi connectivity index (χ0) is 14.5. The van der Waals surface area contributed by atoms with Crippen molar-refractivity contribution in [3.05, 3.63) is 27.9 Å². The van der Waals surface area contributed by atoms with Gasteiger partial charge in [0, 0.05) is 19.2 Å². The Balaban J connectivity index is 2.23. The van der Waals surface area contributed by atoms with Crippen LogP contribution in [0, 0.1) is 27.4 Å². The van der Waals surface area contributed by atoms with Crippen LogP contribution in [0.5, 0.6) is 0 Å². The minimum absolute atomic E-state index is 0.144. The van der Waals surface area contributed by atoms with Crippen LogP contribution in [0.2, 0.25) is 0 Å². The second kappa shape index (κ2) is 6.30. The molecule has 1 aliphatic rings. The lowest BCUT2D eigenvalue weighted by Gasteiger charge is -2.33. The van der Waals surface area contributed by atoms with Gasteiger partial charge in [0.25, 0.3) is 5.69 Å². The molecule has 1 fully saturated rings. The molecule has 1 saturated heterocycles. The summed E-state index contributed by atoms with van der Waals surface area (Å²) >= 11 is 0. The van der Waals surface area contributed by atoms with Gasteiger partial charge in [0.1, 0.15) is 23.6 Å². The van der Waals surface area contributed by atoms with Gasteiger partial charge in [-0.15, -0.1) is 0 Å². The van der Waals surface area contributed by atoms with Gasteiger partial charge in [-0.2, -0.15) is 5.26 Å². The van der Waals surface area contributed by atoms with E-state index in [2.05, 4.69) is 10.3 Å². The van der Waals surface area contributed by atoms with Crippen LogP contribution in [0.25, 0.3) is 0 Å². The number of nitriles is 1. The van der Waals surface area contributed by atoms with Crippen molar-refractivity contribution in [3.8, 4) is 6.07 Å². The van der Waals surface area contributed by atoms with Gasteiger partial charge in [0.05, 0.1) is 4.92 Å². The average molecular weight is 275 g/mol. The predicted molar refractivity (Wildman–Crippen MR) is 74.5 cm³/mol. The molecule has 2 heterocycles. The van der Waals surface area contributed by atoms with Crippen molar-refractivity contribution in [2.24, 2.45) is 5.92 Å². The quantitative estimate of drug-likeness (QED) is 0.657. The Bertz CT molecular complexity index is 538. The molecule has 20 heavy (non-hydrogen) atoms. The smallest absolute Gasteiger partial charge is 0.289 e. The number of anilines is 1. The topological polar surface area (TPSA) is 95.1 Å². The van der Waals surface area contributed by atoms with E-state index in [1.807, 2.05) is 18.0 Å². The summed E-state index contributed by atoms with van der Waals surface area (Å²) in [7, 11) is 1.92. The number of hydrogen-bond acceptors (Lipinski definition) is 6. The highest BCUT2D eigenvalue weighted by molar-refractivity contribution is 5.57. The molecule has 1 N–H and O–H groups in total. The molecule has 1 aromatic rings. The molecule has 0 spiro atoms. The zero-order valence-corrected chi connectivity index (χ0v) is 11.4. The van der Waals surface area contributed by atoms with Gasteiger partial charge in [0.2, 0.25) is 0 Å². The fraction of sp³-hybridized carbons (Fsp3) is 0.538. The van der Waals surface area contributed by atoms with Crippen molar-refractivity contribution in [2.45, 2.75) is 12.8 Å². The lowest BCUT2D eigenvalue weighted by atomic mass is 9.97. The molecule has 1 aromatic heterocycles. The summed E-state index contributed by atoms with van der Waals surface area (Å²) in [6.45, 7) is 2.57. The summed E-state index contributed by atoms with van der Waals surface area (Å²) in [5.41, 5.74) is 0.124. The lowest BCUT2D eigenvalue weighted by Crippen LogP contribution is -2.39. The Morgan fingerprint density at radius 3 is 3.15 bits per heavy atom. The number of nitrogens with one attached hydrogen (secondary N) is 1. The number of aromatic nitrogens is 1. The largest absolute Gasteiger partial charge is 0.355 e. The Morgan fingerprint density at radius 2 is 2.50 bits per heavy atom. The van der Waals surface area contributed by atoms with Gasteiger partial charge in [0.15, 0.2) is 0 Å². The zero-order valence-electron chi connectivity index (χ0n) is 11.4. The van der Waals surface area contributed by atoms with Crippen molar-refractivity contribution in [2.75, 3.05) is 31.6 Å². The Labute approximate surface area is 117 Å². The Kier molecular flexibility index (Phi) is 4.48. The minimum Gasteiger partial charge on any atom is -0.355 e.